The minimum Gasteiger partial charge on any atom is -0.484 e. The second-order valence-electron chi connectivity index (χ2n) is 8.62. The summed E-state index contributed by atoms with van der Waals surface area (Å²) in [6, 6.07) is 8.54. The third-order valence-corrected chi connectivity index (χ3v) is 6.51. The van der Waals surface area contributed by atoms with Crippen LogP contribution in [0.1, 0.15) is 40.7 Å². The third-order valence-electron chi connectivity index (χ3n) is 6.27. The fraction of sp³-hybridized carbons (Fsp3) is 0.320. The maximum atomic E-state index is 14.2. The van der Waals surface area contributed by atoms with Crippen LogP contribution in [0, 0.1) is 11.7 Å². The van der Waals surface area contributed by atoms with Gasteiger partial charge < -0.3 is 20.4 Å². The Bertz CT molecular complexity index is 1220. The summed E-state index contributed by atoms with van der Waals surface area (Å²) in [5.41, 5.74) is 9.52. The van der Waals surface area contributed by atoms with Crippen LogP contribution in [0.15, 0.2) is 42.2 Å². The van der Waals surface area contributed by atoms with Gasteiger partial charge in [-0.05, 0) is 73.6 Å². The van der Waals surface area contributed by atoms with Crippen LogP contribution in [0.5, 0.6) is 5.75 Å². The molecule has 166 valence electrons. The highest BCUT2D eigenvalue weighted by Gasteiger charge is 2.28. The Balaban J connectivity index is 1.36. The monoisotopic (exact) mass is 453 g/mol. The lowest BCUT2D eigenvalue weighted by molar-refractivity contribution is 0.0999. The van der Waals surface area contributed by atoms with Crippen molar-refractivity contribution in [1.29, 1.82) is 0 Å². The Morgan fingerprint density at radius 1 is 1.28 bits per heavy atom. The molecule has 2 aliphatic rings. The van der Waals surface area contributed by atoms with Crippen molar-refractivity contribution in [3.05, 3.63) is 69.8 Å². The van der Waals surface area contributed by atoms with Gasteiger partial charge >= 0.3 is 0 Å². The molecule has 0 bridgehead atoms. The number of nitrogens with two attached hydrogens (primary N) is 1. The van der Waals surface area contributed by atoms with Crippen LogP contribution >= 0.6 is 11.6 Å². The summed E-state index contributed by atoms with van der Waals surface area (Å²) in [7, 11) is 0. The van der Waals surface area contributed by atoms with Gasteiger partial charge in [0.2, 0.25) is 5.91 Å². The standard InChI is InChI=1S/C25H25ClFN3O2/c26-17-5-8-23-20(10-17)16(12-29-23)2-1-9-30(13-15-3-4-15)18-11-21-19(25(28)31)6-7-22(27)24(21)32-14-18/h5-8,10-12,15,29H,1-4,9,13-14H2,(H2,28,31). The minimum atomic E-state index is -0.589. The van der Waals surface area contributed by atoms with Crippen LogP contribution in [0.3, 0.4) is 0 Å². The number of hydrogen-bond acceptors (Lipinski definition) is 3. The number of hydrogen-bond donors (Lipinski definition) is 2. The number of aryl methyl sites for hydroxylation is 1. The zero-order valence-corrected chi connectivity index (χ0v) is 18.4. The molecule has 2 heterocycles. The molecule has 0 unspecified atom stereocenters. The van der Waals surface area contributed by atoms with Gasteiger partial charge in [0.05, 0.1) is 11.3 Å². The average molecular weight is 454 g/mol. The lowest BCUT2D eigenvalue weighted by Gasteiger charge is -2.31. The predicted molar refractivity (Wildman–Crippen MR) is 124 cm³/mol. The number of amides is 1. The number of benzene rings is 2. The number of nitrogens with one attached hydrogen (secondary N) is 1. The van der Waals surface area contributed by atoms with E-state index < -0.39 is 11.7 Å². The molecular weight excluding hydrogens is 429 g/mol. The summed E-state index contributed by atoms with van der Waals surface area (Å²) >= 11 is 6.18. The van der Waals surface area contributed by atoms with Gasteiger partial charge in [0.25, 0.3) is 0 Å². The molecule has 32 heavy (non-hydrogen) atoms. The van der Waals surface area contributed by atoms with E-state index in [1.165, 1.54) is 30.5 Å². The first-order valence-electron chi connectivity index (χ1n) is 11.0. The quantitative estimate of drug-likeness (QED) is 0.496. The molecule has 1 saturated carbocycles. The number of aromatic nitrogens is 1. The minimum absolute atomic E-state index is 0.104. The van der Waals surface area contributed by atoms with E-state index in [0.717, 1.165) is 47.6 Å². The van der Waals surface area contributed by atoms with Gasteiger partial charge in [-0.1, -0.05) is 11.6 Å². The highest BCUT2D eigenvalue weighted by Crippen LogP contribution is 2.36. The lowest BCUT2D eigenvalue weighted by Crippen LogP contribution is -2.31. The molecule has 1 aliphatic heterocycles. The van der Waals surface area contributed by atoms with Crippen molar-refractivity contribution in [2.75, 3.05) is 19.7 Å². The summed E-state index contributed by atoms with van der Waals surface area (Å²) in [5.74, 6) is -0.291. The van der Waals surface area contributed by atoms with E-state index >= 15 is 0 Å². The molecule has 1 aromatic heterocycles. The number of halogens is 2. The van der Waals surface area contributed by atoms with Crippen molar-refractivity contribution >= 4 is 34.5 Å². The van der Waals surface area contributed by atoms with Gasteiger partial charge in [-0.2, -0.15) is 0 Å². The van der Waals surface area contributed by atoms with E-state index in [-0.39, 0.29) is 17.9 Å². The van der Waals surface area contributed by atoms with Gasteiger partial charge in [-0.3, -0.25) is 4.79 Å². The number of nitrogens with zero attached hydrogens (tertiary/aromatic N) is 1. The number of primary amides is 1. The maximum Gasteiger partial charge on any atom is 0.249 e. The number of H-pyrrole nitrogens is 1. The zero-order chi connectivity index (χ0) is 22.2. The first-order chi connectivity index (χ1) is 15.5. The first kappa shape index (κ1) is 20.9. The van der Waals surface area contributed by atoms with E-state index in [4.69, 9.17) is 22.1 Å². The Labute approximate surface area is 191 Å². The van der Waals surface area contributed by atoms with Gasteiger partial charge in [-0.15, -0.1) is 0 Å². The van der Waals surface area contributed by atoms with E-state index in [1.807, 2.05) is 30.5 Å². The van der Waals surface area contributed by atoms with E-state index in [2.05, 4.69) is 9.88 Å². The van der Waals surface area contributed by atoms with E-state index in [9.17, 15) is 9.18 Å². The zero-order valence-electron chi connectivity index (χ0n) is 17.7. The number of fused-ring (bicyclic) bond motifs is 2. The molecule has 0 atom stereocenters. The van der Waals surface area contributed by atoms with Crippen LogP contribution < -0.4 is 10.5 Å². The molecule has 7 heteroatoms. The van der Waals surface area contributed by atoms with Crippen molar-refractivity contribution in [2.24, 2.45) is 11.7 Å². The smallest absolute Gasteiger partial charge is 0.249 e. The summed E-state index contributed by atoms with van der Waals surface area (Å²) < 4.78 is 20.0. The molecule has 5 nitrogen and oxygen atoms in total. The van der Waals surface area contributed by atoms with E-state index in [1.54, 1.807) is 0 Å². The van der Waals surface area contributed by atoms with Gasteiger partial charge in [0, 0.05) is 40.8 Å². The molecule has 3 N–H and O–H groups in total. The summed E-state index contributed by atoms with van der Waals surface area (Å²) in [6.45, 7) is 2.06. The fourth-order valence-electron chi connectivity index (χ4n) is 4.40. The molecule has 2 aromatic carbocycles. The van der Waals surface area contributed by atoms with Crippen LogP contribution in [-0.4, -0.2) is 35.5 Å². The van der Waals surface area contributed by atoms with Crippen LogP contribution in [0.2, 0.25) is 5.02 Å². The number of ether oxygens (including phenoxy) is 1. The third kappa shape index (κ3) is 4.19. The van der Waals surface area contributed by atoms with Crippen molar-refractivity contribution in [2.45, 2.75) is 25.7 Å². The van der Waals surface area contributed by atoms with Crippen molar-refractivity contribution in [3.8, 4) is 5.75 Å². The normalized spacial score (nSPS) is 15.2. The van der Waals surface area contributed by atoms with Crippen LogP contribution in [0.25, 0.3) is 17.0 Å². The van der Waals surface area contributed by atoms with Crippen LogP contribution in [0.4, 0.5) is 4.39 Å². The van der Waals surface area contributed by atoms with Crippen LogP contribution in [-0.2, 0) is 6.42 Å². The summed E-state index contributed by atoms with van der Waals surface area (Å²) in [5, 5.41) is 1.89. The Hall–Kier alpha value is -2.99. The molecule has 0 spiro atoms. The van der Waals surface area contributed by atoms with Crippen molar-refractivity contribution in [1.82, 2.24) is 9.88 Å². The van der Waals surface area contributed by atoms with E-state index in [0.29, 0.717) is 11.5 Å². The molecule has 1 amide bonds. The Morgan fingerprint density at radius 2 is 2.12 bits per heavy atom. The van der Waals surface area contributed by atoms with Gasteiger partial charge in [-0.25, -0.2) is 4.39 Å². The van der Waals surface area contributed by atoms with Gasteiger partial charge in [0.15, 0.2) is 11.6 Å². The second-order valence-corrected chi connectivity index (χ2v) is 9.06. The lowest BCUT2D eigenvalue weighted by atomic mass is 10.0. The average Bonchev–Trinajstić information content (AvgIpc) is 3.51. The molecule has 1 fully saturated rings. The topological polar surface area (TPSA) is 71.4 Å². The first-order valence-corrected chi connectivity index (χ1v) is 11.3. The Morgan fingerprint density at radius 3 is 2.91 bits per heavy atom. The maximum absolute atomic E-state index is 14.2. The number of carbonyl (C=O) groups is 1. The molecule has 0 radical (unpaired) electrons. The largest absolute Gasteiger partial charge is 0.484 e. The van der Waals surface area contributed by atoms with Crippen molar-refractivity contribution < 1.29 is 13.9 Å². The molecular formula is C25H25ClFN3O2. The fourth-order valence-corrected chi connectivity index (χ4v) is 4.57. The summed E-state index contributed by atoms with van der Waals surface area (Å²) in [6.07, 6.45) is 8.23. The number of rotatable bonds is 8. The SMILES string of the molecule is NC(=O)c1ccc(F)c2c1C=C(N(CCCc1c[nH]c3ccc(Cl)cc13)CC1CC1)CO2. The van der Waals surface area contributed by atoms with Crippen molar-refractivity contribution in [3.63, 3.8) is 0 Å². The predicted octanol–water partition coefficient (Wildman–Crippen LogP) is 5.14. The van der Waals surface area contributed by atoms with Gasteiger partial charge in [0.1, 0.15) is 6.61 Å². The molecule has 5 rings (SSSR count). The molecule has 1 aliphatic carbocycles. The Kier molecular flexibility index (Phi) is 5.55. The number of carbonyl (C=O) groups excluding carboxylic acids is 1. The highest BCUT2D eigenvalue weighted by molar-refractivity contribution is 6.31. The number of aromatic amines is 1. The second kappa shape index (κ2) is 8.51. The molecule has 0 saturated heterocycles. The highest BCUT2D eigenvalue weighted by atomic mass is 35.5. The summed E-state index contributed by atoms with van der Waals surface area (Å²) in [4.78, 5) is 17.5. The molecule has 3 aromatic rings.